The van der Waals surface area contributed by atoms with Gasteiger partial charge in [0.2, 0.25) is 14.2 Å². The number of carbonyl (C=O) groups is 2. The van der Waals surface area contributed by atoms with E-state index in [0.717, 1.165) is 17.5 Å². The van der Waals surface area contributed by atoms with Crippen molar-refractivity contribution in [3.05, 3.63) is 35.4 Å². The first-order chi connectivity index (χ1) is 17.3. The molecule has 0 aromatic heterocycles. The summed E-state index contributed by atoms with van der Waals surface area (Å²) in [7, 11) is -0.647. The minimum absolute atomic E-state index is 0.0405. The molecule has 7 nitrogen and oxygen atoms in total. The van der Waals surface area contributed by atoms with E-state index in [4.69, 9.17) is 26.1 Å². The van der Waals surface area contributed by atoms with E-state index in [1.807, 2.05) is 13.0 Å². The summed E-state index contributed by atoms with van der Waals surface area (Å²) in [6.07, 6.45) is 3.68. The molecule has 1 atom stereocenters. The molecule has 0 fully saturated rings. The van der Waals surface area contributed by atoms with Crippen LogP contribution in [0.25, 0.3) is 0 Å². The van der Waals surface area contributed by atoms with Crippen molar-refractivity contribution >= 4 is 49.2 Å². The fourth-order valence-corrected chi connectivity index (χ4v) is 5.99. The van der Waals surface area contributed by atoms with Gasteiger partial charge in [-0.25, -0.2) is 4.79 Å². The van der Waals surface area contributed by atoms with E-state index in [9.17, 15) is 9.59 Å². The largest absolute Gasteiger partial charge is 0.543 e. The number of carbonyl (C=O) groups excluding carboxylic acids is 2. The highest BCUT2D eigenvalue weighted by atomic mass is 32.2. The fraction of sp³-hybridized carbons (Fsp3) is 0.593. The lowest BCUT2D eigenvalue weighted by atomic mass is 10.0. The van der Waals surface area contributed by atoms with Gasteiger partial charge >= 0.3 is 5.97 Å². The van der Waals surface area contributed by atoms with Crippen LogP contribution in [-0.2, 0) is 15.3 Å². The smallest absolute Gasteiger partial charge is 0.338 e. The van der Waals surface area contributed by atoms with Crippen LogP contribution in [0, 0.1) is 6.92 Å². The topological polar surface area (TPSA) is 85.9 Å². The molecule has 1 aromatic carbocycles. The number of methoxy groups -OCH3 is 1. The number of benzene rings is 1. The number of ether oxygens (including phenoxy) is 2. The Morgan fingerprint density at radius 1 is 1.35 bits per heavy atom. The van der Waals surface area contributed by atoms with Crippen molar-refractivity contribution < 1.29 is 23.5 Å². The van der Waals surface area contributed by atoms with Crippen molar-refractivity contribution in [3.8, 4) is 11.5 Å². The molecular weight excluding hydrogens is 525 g/mol. The highest BCUT2D eigenvalue weighted by Crippen LogP contribution is 2.42. The number of fused-ring (bicyclic) bond motifs is 1. The first-order valence-electron chi connectivity index (χ1n) is 12.6. The normalized spacial score (nSPS) is 18.0. The number of thiocarbonyl (C=S) groups is 1. The van der Waals surface area contributed by atoms with Gasteiger partial charge in [-0.05, 0) is 44.3 Å². The van der Waals surface area contributed by atoms with Gasteiger partial charge in [0.1, 0.15) is 17.5 Å². The Kier molecular flexibility index (Phi) is 11.5. The summed E-state index contributed by atoms with van der Waals surface area (Å²) < 4.78 is 18.1. The zero-order valence-electron chi connectivity index (χ0n) is 23.2. The molecule has 0 saturated carbocycles. The number of esters is 1. The predicted molar refractivity (Wildman–Crippen MR) is 159 cm³/mol. The van der Waals surface area contributed by atoms with E-state index >= 15 is 0 Å². The molecule has 1 heterocycles. The number of amides is 1. The second-order valence-corrected chi connectivity index (χ2v) is 16.9. The Labute approximate surface area is 232 Å². The van der Waals surface area contributed by atoms with Crippen LogP contribution in [0.4, 0.5) is 0 Å². The van der Waals surface area contributed by atoms with Crippen LogP contribution < -0.4 is 19.8 Å². The summed E-state index contributed by atoms with van der Waals surface area (Å²) in [5, 5.41) is 6.05. The number of nitrogens with one attached hydrogen (secondary N) is 2. The molecule has 0 saturated heterocycles. The van der Waals surface area contributed by atoms with Crippen LogP contribution in [-0.4, -0.2) is 57.2 Å². The van der Waals surface area contributed by atoms with Gasteiger partial charge in [0, 0.05) is 35.2 Å². The van der Waals surface area contributed by atoms with Crippen LogP contribution in [0.5, 0.6) is 11.5 Å². The standard InChI is InChI=1S/C27H42N2O5S2Si/c1-9-13-28-25(30)20-17-36-16-19-22(34-37(7,8)27(3,4)5)15-21(32-6)18(2)24(19)26(31)33-14-11-10-12-23(35)29-20/h9,15,20H,1,10-14,16-17H2,2-8H3,(H,28,30)(H,29,35)/t20-/m0/s1. The monoisotopic (exact) mass is 566 g/mol. The zero-order valence-corrected chi connectivity index (χ0v) is 25.9. The molecule has 0 radical (unpaired) electrons. The van der Waals surface area contributed by atoms with Gasteiger partial charge in [-0.1, -0.05) is 39.1 Å². The molecule has 1 aliphatic rings. The molecule has 2 N–H and O–H groups in total. The summed E-state index contributed by atoms with van der Waals surface area (Å²) in [5.74, 6) is 1.62. The van der Waals surface area contributed by atoms with Crippen molar-refractivity contribution in [2.75, 3.05) is 26.0 Å². The van der Waals surface area contributed by atoms with E-state index in [0.29, 0.717) is 52.9 Å². The van der Waals surface area contributed by atoms with E-state index in [2.05, 4.69) is 51.1 Å². The fourth-order valence-electron chi connectivity index (χ4n) is 3.59. The molecule has 0 bridgehead atoms. The Hall–Kier alpha value is -2.04. The van der Waals surface area contributed by atoms with E-state index in [1.165, 1.54) is 0 Å². The Bertz CT molecular complexity index is 1010. The molecule has 2 rings (SSSR count). The first-order valence-corrected chi connectivity index (χ1v) is 17.1. The lowest BCUT2D eigenvalue weighted by Gasteiger charge is -2.37. The van der Waals surface area contributed by atoms with Crippen molar-refractivity contribution in [2.24, 2.45) is 0 Å². The Morgan fingerprint density at radius 2 is 2.05 bits per heavy atom. The maximum absolute atomic E-state index is 13.4. The quantitative estimate of drug-likeness (QED) is 0.201. The average Bonchev–Trinajstić information content (AvgIpc) is 2.81. The first kappa shape index (κ1) is 31.2. The van der Waals surface area contributed by atoms with Crippen LogP contribution in [0.3, 0.4) is 0 Å². The predicted octanol–water partition coefficient (Wildman–Crippen LogP) is 5.55. The van der Waals surface area contributed by atoms with Crippen LogP contribution in [0.15, 0.2) is 18.7 Å². The van der Waals surface area contributed by atoms with Gasteiger partial charge < -0.3 is 24.5 Å². The van der Waals surface area contributed by atoms with E-state index < -0.39 is 14.4 Å². The van der Waals surface area contributed by atoms with Crippen molar-refractivity contribution in [1.29, 1.82) is 0 Å². The van der Waals surface area contributed by atoms with Gasteiger partial charge in [-0.3, -0.25) is 4.79 Å². The third-order valence-electron chi connectivity index (χ3n) is 6.84. The highest BCUT2D eigenvalue weighted by Gasteiger charge is 2.40. The summed E-state index contributed by atoms with van der Waals surface area (Å²) in [5.41, 5.74) is 1.97. The molecular formula is C27H42N2O5S2Si. The number of rotatable bonds is 6. The second-order valence-electron chi connectivity index (χ2n) is 10.7. The van der Waals surface area contributed by atoms with Crippen molar-refractivity contribution in [3.63, 3.8) is 0 Å². The molecule has 206 valence electrons. The van der Waals surface area contributed by atoms with Crippen molar-refractivity contribution in [2.45, 2.75) is 76.9 Å². The summed E-state index contributed by atoms with van der Waals surface area (Å²) in [4.78, 5) is 26.9. The third-order valence-corrected chi connectivity index (χ3v) is 12.6. The lowest BCUT2D eigenvalue weighted by Crippen LogP contribution is -2.48. The number of hydrogen-bond donors (Lipinski definition) is 2. The summed E-state index contributed by atoms with van der Waals surface area (Å²) >= 11 is 7.04. The lowest BCUT2D eigenvalue weighted by molar-refractivity contribution is -0.122. The second kappa shape index (κ2) is 13.7. The van der Waals surface area contributed by atoms with Gasteiger partial charge in [-0.15, -0.1) is 6.58 Å². The molecule has 1 amide bonds. The minimum atomic E-state index is -2.24. The maximum atomic E-state index is 13.4. The highest BCUT2D eigenvalue weighted by molar-refractivity contribution is 7.98. The van der Waals surface area contributed by atoms with Crippen LogP contribution >= 0.6 is 24.0 Å². The van der Waals surface area contributed by atoms with Crippen LogP contribution in [0.2, 0.25) is 18.1 Å². The molecule has 37 heavy (non-hydrogen) atoms. The van der Waals surface area contributed by atoms with Gasteiger partial charge in [0.05, 0.1) is 24.3 Å². The van der Waals surface area contributed by atoms with Gasteiger partial charge in [0.15, 0.2) is 0 Å². The van der Waals surface area contributed by atoms with Gasteiger partial charge in [0.25, 0.3) is 0 Å². The van der Waals surface area contributed by atoms with Gasteiger partial charge in [-0.2, -0.15) is 11.8 Å². The molecule has 1 aromatic rings. The Balaban J connectivity index is 2.54. The number of cyclic esters (lactones) is 1. The molecule has 0 spiro atoms. The molecule has 10 heteroatoms. The molecule has 0 aliphatic carbocycles. The zero-order chi connectivity index (χ0) is 27.8. The molecule has 1 aliphatic heterocycles. The molecule has 0 unspecified atom stereocenters. The number of hydrogen-bond acceptors (Lipinski definition) is 7. The minimum Gasteiger partial charge on any atom is -0.543 e. The van der Waals surface area contributed by atoms with E-state index in [-0.39, 0.29) is 23.5 Å². The summed E-state index contributed by atoms with van der Waals surface area (Å²) in [6, 6.07) is 1.38. The SMILES string of the molecule is C=CCNC(=O)[C@@H]1CSCc2c(O[Si](C)(C)C(C)(C)C)cc(OC)c(C)c2C(=O)OCCCCC(=S)N1. The Morgan fingerprint density at radius 3 is 2.68 bits per heavy atom. The van der Waals surface area contributed by atoms with Crippen molar-refractivity contribution in [1.82, 2.24) is 10.6 Å². The summed E-state index contributed by atoms with van der Waals surface area (Å²) in [6.45, 7) is 17.1. The maximum Gasteiger partial charge on any atom is 0.338 e. The average molecular weight is 567 g/mol. The van der Waals surface area contributed by atoms with E-state index in [1.54, 1.807) is 24.9 Å². The third kappa shape index (κ3) is 8.48. The van der Waals surface area contributed by atoms with Crippen LogP contribution in [0.1, 0.15) is 61.5 Å². The number of thioether (sulfide) groups is 1.